The minimum Gasteiger partial charge on any atom is -0.327 e. The first-order chi connectivity index (χ1) is 7.24. The highest BCUT2D eigenvalue weighted by molar-refractivity contribution is 7.07. The van der Waals surface area contributed by atoms with Crippen LogP contribution in [0.1, 0.15) is 11.3 Å². The molecule has 0 bridgehead atoms. The molecule has 0 saturated carbocycles. The van der Waals surface area contributed by atoms with Crippen molar-refractivity contribution in [2.75, 3.05) is 0 Å². The van der Waals surface area contributed by atoms with E-state index in [1.165, 1.54) is 5.56 Å². The van der Waals surface area contributed by atoms with Crippen LogP contribution in [0.5, 0.6) is 0 Å². The second kappa shape index (κ2) is 4.55. The number of hydrogen-bond donors (Lipinski definition) is 1. The van der Waals surface area contributed by atoms with Crippen molar-refractivity contribution in [2.24, 2.45) is 12.8 Å². The van der Waals surface area contributed by atoms with Crippen molar-refractivity contribution >= 4 is 11.3 Å². The Bertz CT molecular complexity index is 407. The molecule has 2 heterocycles. The molecule has 2 aromatic rings. The summed E-state index contributed by atoms with van der Waals surface area (Å²) in [4.78, 5) is 0. The number of rotatable bonds is 4. The Labute approximate surface area is 92.7 Å². The van der Waals surface area contributed by atoms with Gasteiger partial charge in [-0.1, -0.05) is 5.21 Å². The van der Waals surface area contributed by atoms with Gasteiger partial charge in [-0.2, -0.15) is 11.3 Å². The SMILES string of the molecule is Cn1cc(CC(N)Cc2ccsc2)nn1. The molecule has 1 atom stereocenters. The van der Waals surface area contributed by atoms with Crippen molar-refractivity contribution in [1.82, 2.24) is 15.0 Å². The standard InChI is InChI=1S/C10H14N4S/c1-14-6-10(12-13-14)5-9(11)4-8-2-3-15-7-8/h2-3,6-7,9H,4-5,11H2,1H3. The maximum absolute atomic E-state index is 6.03. The number of aromatic nitrogens is 3. The number of nitrogens with zero attached hydrogens (tertiary/aromatic N) is 3. The van der Waals surface area contributed by atoms with E-state index in [1.807, 2.05) is 13.2 Å². The Morgan fingerprint density at radius 2 is 2.40 bits per heavy atom. The molecule has 0 radical (unpaired) electrons. The second-order valence-corrected chi connectivity index (χ2v) is 4.46. The predicted molar refractivity (Wildman–Crippen MR) is 60.7 cm³/mol. The topological polar surface area (TPSA) is 56.7 Å². The van der Waals surface area contributed by atoms with Gasteiger partial charge in [0, 0.05) is 25.7 Å². The summed E-state index contributed by atoms with van der Waals surface area (Å²) in [5.41, 5.74) is 8.29. The zero-order valence-electron chi connectivity index (χ0n) is 8.63. The molecular formula is C10H14N4S. The van der Waals surface area contributed by atoms with Crippen molar-refractivity contribution in [3.05, 3.63) is 34.3 Å². The van der Waals surface area contributed by atoms with E-state index in [9.17, 15) is 0 Å². The van der Waals surface area contributed by atoms with Gasteiger partial charge in [0.05, 0.1) is 5.69 Å². The number of thiophene rings is 1. The van der Waals surface area contributed by atoms with Gasteiger partial charge >= 0.3 is 0 Å². The summed E-state index contributed by atoms with van der Waals surface area (Å²) >= 11 is 1.70. The first kappa shape index (κ1) is 10.3. The minimum absolute atomic E-state index is 0.122. The maximum Gasteiger partial charge on any atom is 0.0842 e. The molecule has 2 rings (SSSR count). The third-order valence-corrected chi connectivity index (χ3v) is 2.93. The molecule has 1 unspecified atom stereocenters. The van der Waals surface area contributed by atoms with Gasteiger partial charge in [-0.25, -0.2) is 0 Å². The van der Waals surface area contributed by atoms with Crippen LogP contribution < -0.4 is 5.73 Å². The highest BCUT2D eigenvalue weighted by Gasteiger charge is 2.08. The van der Waals surface area contributed by atoms with Gasteiger partial charge in [-0.05, 0) is 28.8 Å². The zero-order chi connectivity index (χ0) is 10.7. The summed E-state index contributed by atoms with van der Waals surface area (Å²) in [6.07, 6.45) is 3.59. The highest BCUT2D eigenvalue weighted by Crippen LogP contribution is 2.09. The van der Waals surface area contributed by atoms with Gasteiger partial charge in [0.1, 0.15) is 0 Å². The average molecular weight is 222 g/mol. The number of nitrogens with two attached hydrogens (primary N) is 1. The Kier molecular flexibility index (Phi) is 3.13. The van der Waals surface area contributed by atoms with Crippen molar-refractivity contribution < 1.29 is 0 Å². The van der Waals surface area contributed by atoms with Gasteiger partial charge in [-0.3, -0.25) is 4.68 Å². The molecule has 0 fully saturated rings. The molecule has 0 aliphatic heterocycles. The summed E-state index contributed by atoms with van der Waals surface area (Å²) in [5.74, 6) is 0. The van der Waals surface area contributed by atoms with Crippen LogP contribution in [0.2, 0.25) is 0 Å². The van der Waals surface area contributed by atoms with Crippen molar-refractivity contribution in [1.29, 1.82) is 0 Å². The summed E-state index contributed by atoms with van der Waals surface area (Å²) in [6, 6.07) is 2.23. The Morgan fingerprint density at radius 3 is 3.00 bits per heavy atom. The van der Waals surface area contributed by atoms with Crippen LogP contribution in [0, 0.1) is 0 Å². The van der Waals surface area contributed by atoms with Crippen LogP contribution in [0.25, 0.3) is 0 Å². The smallest absolute Gasteiger partial charge is 0.0842 e. The Morgan fingerprint density at radius 1 is 1.53 bits per heavy atom. The van der Waals surface area contributed by atoms with E-state index in [0.29, 0.717) is 0 Å². The molecule has 0 spiro atoms. The van der Waals surface area contributed by atoms with E-state index >= 15 is 0 Å². The molecule has 5 heteroatoms. The summed E-state index contributed by atoms with van der Waals surface area (Å²) in [5, 5.41) is 12.1. The van der Waals surface area contributed by atoms with E-state index in [1.54, 1.807) is 16.0 Å². The van der Waals surface area contributed by atoms with Crippen molar-refractivity contribution in [2.45, 2.75) is 18.9 Å². The molecule has 2 N–H and O–H groups in total. The molecular weight excluding hydrogens is 208 g/mol. The highest BCUT2D eigenvalue weighted by atomic mass is 32.1. The quantitative estimate of drug-likeness (QED) is 0.839. The Hall–Kier alpha value is -1.20. The molecule has 80 valence electrons. The lowest BCUT2D eigenvalue weighted by atomic mass is 10.1. The molecule has 0 aliphatic rings. The lowest BCUT2D eigenvalue weighted by Crippen LogP contribution is -2.25. The van der Waals surface area contributed by atoms with E-state index in [4.69, 9.17) is 5.73 Å². The fourth-order valence-corrected chi connectivity index (χ4v) is 2.22. The molecule has 0 saturated heterocycles. The summed E-state index contributed by atoms with van der Waals surface area (Å²) in [6.45, 7) is 0. The lowest BCUT2D eigenvalue weighted by Gasteiger charge is -2.07. The van der Waals surface area contributed by atoms with Crippen LogP contribution in [-0.4, -0.2) is 21.0 Å². The third kappa shape index (κ3) is 2.87. The van der Waals surface area contributed by atoms with Crippen LogP contribution in [0.4, 0.5) is 0 Å². The third-order valence-electron chi connectivity index (χ3n) is 2.20. The van der Waals surface area contributed by atoms with Crippen LogP contribution >= 0.6 is 11.3 Å². The lowest BCUT2D eigenvalue weighted by molar-refractivity contribution is 0.652. The fourth-order valence-electron chi connectivity index (χ4n) is 1.54. The van der Waals surface area contributed by atoms with Crippen molar-refractivity contribution in [3.8, 4) is 0 Å². The molecule has 2 aromatic heterocycles. The Balaban J connectivity index is 1.90. The predicted octanol–water partition coefficient (Wildman–Crippen LogP) is 0.989. The van der Waals surface area contributed by atoms with Crippen LogP contribution in [0.3, 0.4) is 0 Å². The fraction of sp³-hybridized carbons (Fsp3) is 0.400. The molecule has 4 nitrogen and oxygen atoms in total. The van der Waals surface area contributed by atoms with Gasteiger partial charge in [0.15, 0.2) is 0 Å². The molecule has 15 heavy (non-hydrogen) atoms. The van der Waals surface area contributed by atoms with E-state index < -0.39 is 0 Å². The zero-order valence-corrected chi connectivity index (χ0v) is 9.44. The summed E-state index contributed by atoms with van der Waals surface area (Å²) in [7, 11) is 1.86. The van der Waals surface area contributed by atoms with Crippen LogP contribution in [0.15, 0.2) is 23.0 Å². The summed E-state index contributed by atoms with van der Waals surface area (Å²) < 4.78 is 1.70. The van der Waals surface area contributed by atoms with Gasteiger partial charge in [-0.15, -0.1) is 5.10 Å². The minimum atomic E-state index is 0.122. The normalized spacial score (nSPS) is 12.9. The maximum atomic E-state index is 6.03. The van der Waals surface area contributed by atoms with Crippen LogP contribution in [-0.2, 0) is 19.9 Å². The van der Waals surface area contributed by atoms with Gasteiger partial charge in [0.2, 0.25) is 0 Å². The van der Waals surface area contributed by atoms with Crippen molar-refractivity contribution in [3.63, 3.8) is 0 Å². The van der Waals surface area contributed by atoms with E-state index in [0.717, 1.165) is 18.5 Å². The second-order valence-electron chi connectivity index (χ2n) is 3.68. The average Bonchev–Trinajstić information content (AvgIpc) is 2.77. The molecule has 0 amide bonds. The largest absolute Gasteiger partial charge is 0.327 e. The van der Waals surface area contributed by atoms with E-state index in [-0.39, 0.29) is 6.04 Å². The molecule has 0 aromatic carbocycles. The monoisotopic (exact) mass is 222 g/mol. The van der Waals surface area contributed by atoms with Gasteiger partial charge < -0.3 is 5.73 Å². The number of aryl methyl sites for hydroxylation is 1. The number of hydrogen-bond acceptors (Lipinski definition) is 4. The van der Waals surface area contributed by atoms with Gasteiger partial charge in [0.25, 0.3) is 0 Å². The first-order valence-corrected chi connectivity index (χ1v) is 5.80. The first-order valence-electron chi connectivity index (χ1n) is 4.86. The van der Waals surface area contributed by atoms with E-state index in [2.05, 4.69) is 27.1 Å². The molecule has 0 aliphatic carbocycles.